The van der Waals surface area contributed by atoms with Crippen LogP contribution in [0.5, 0.6) is 17.2 Å². The van der Waals surface area contributed by atoms with E-state index in [2.05, 4.69) is 9.97 Å². The molecule has 9 nitrogen and oxygen atoms in total. The van der Waals surface area contributed by atoms with E-state index >= 15 is 0 Å². The molecule has 0 bridgehead atoms. The molecule has 1 amide bonds. The normalized spacial score (nSPS) is 16.6. The number of ketones is 1. The van der Waals surface area contributed by atoms with E-state index in [1.807, 2.05) is 39.0 Å². The molecule has 2 N–H and O–H groups in total. The molecule has 1 fully saturated rings. The number of H-pyrrole nitrogens is 1. The molecule has 206 valence electrons. The first kappa shape index (κ1) is 26.8. The summed E-state index contributed by atoms with van der Waals surface area (Å²) in [5, 5.41) is 11.5. The molecule has 2 heterocycles. The Bertz CT molecular complexity index is 1640. The van der Waals surface area contributed by atoms with Crippen molar-refractivity contribution in [2.75, 3.05) is 25.7 Å². The topological polar surface area (TPSA) is 114 Å². The van der Waals surface area contributed by atoms with E-state index in [0.29, 0.717) is 46.4 Å². The number of benzene rings is 3. The van der Waals surface area contributed by atoms with E-state index in [0.717, 1.165) is 11.1 Å². The summed E-state index contributed by atoms with van der Waals surface area (Å²) in [6.45, 7) is 6.52. The highest BCUT2D eigenvalue weighted by atomic mass is 16.5. The number of rotatable bonds is 8. The van der Waals surface area contributed by atoms with Crippen LogP contribution in [-0.2, 0) is 9.59 Å². The van der Waals surface area contributed by atoms with Crippen molar-refractivity contribution in [3.8, 4) is 17.2 Å². The Balaban J connectivity index is 1.69. The van der Waals surface area contributed by atoms with Crippen LogP contribution in [0.1, 0.15) is 36.6 Å². The minimum Gasteiger partial charge on any atom is -0.507 e. The highest BCUT2D eigenvalue weighted by Crippen LogP contribution is 2.44. The molecule has 1 unspecified atom stereocenters. The molecule has 9 heteroatoms. The smallest absolute Gasteiger partial charge is 0.302 e. The first-order valence-corrected chi connectivity index (χ1v) is 12.9. The number of carbonyl (C=O) groups is 2. The summed E-state index contributed by atoms with van der Waals surface area (Å²) < 4.78 is 16.7. The molecule has 1 aliphatic rings. The Morgan fingerprint density at radius 3 is 2.52 bits per heavy atom. The van der Waals surface area contributed by atoms with Gasteiger partial charge in [-0.1, -0.05) is 38.1 Å². The molecule has 0 spiro atoms. The lowest BCUT2D eigenvalue weighted by Gasteiger charge is -2.24. The van der Waals surface area contributed by atoms with Crippen LogP contribution in [0, 0.1) is 12.8 Å². The van der Waals surface area contributed by atoms with Crippen molar-refractivity contribution in [1.29, 1.82) is 0 Å². The molecule has 3 aromatic carbocycles. The standard InChI is InChI=1S/C31H31N3O6/c1-17(2)16-40-21-8-6-7-20(14-21)28(35)26-27(19-10-12-24(38-4)25(15-19)39-5)34(30(37)29(26)36)31-32-22-11-9-18(3)13-23(22)33-31/h6-15,17,27,35H,16H2,1-5H3,(H,32,33)/b28-26+. The number of aromatic amines is 1. The minimum atomic E-state index is -0.998. The maximum absolute atomic E-state index is 13.6. The van der Waals surface area contributed by atoms with Gasteiger partial charge in [0.05, 0.1) is 43.5 Å². The maximum Gasteiger partial charge on any atom is 0.302 e. The summed E-state index contributed by atoms with van der Waals surface area (Å²) in [4.78, 5) is 36.3. The second kappa shape index (κ2) is 10.8. The zero-order valence-electron chi connectivity index (χ0n) is 23.0. The van der Waals surface area contributed by atoms with Crippen LogP contribution < -0.4 is 19.1 Å². The van der Waals surface area contributed by atoms with Crippen molar-refractivity contribution in [2.45, 2.75) is 26.8 Å². The number of methoxy groups -OCH3 is 2. The number of imidazole rings is 1. The zero-order valence-corrected chi connectivity index (χ0v) is 23.0. The Labute approximate surface area is 232 Å². The number of nitrogens with one attached hydrogen (secondary N) is 1. The van der Waals surface area contributed by atoms with Crippen molar-refractivity contribution >= 4 is 34.4 Å². The van der Waals surface area contributed by atoms with Crippen LogP contribution in [0.2, 0.25) is 0 Å². The molecule has 40 heavy (non-hydrogen) atoms. The van der Waals surface area contributed by atoms with Gasteiger partial charge in [0.25, 0.3) is 5.78 Å². The van der Waals surface area contributed by atoms with Gasteiger partial charge in [-0.2, -0.15) is 0 Å². The Morgan fingerprint density at radius 2 is 1.80 bits per heavy atom. The van der Waals surface area contributed by atoms with E-state index in [4.69, 9.17) is 14.2 Å². The van der Waals surface area contributed by atoms with Crippen LogP contribution in [0.4, 0.5) is 5.95 Å². The van der Waals surface area contributed by atoms with Crippen molar-refractivity contribution in [1.82, 2.24) is 9.97 Å². The number of nitrogens with zero attached hydrogens (tertiary/aromatic N) is 2. The van der Waals surface area contributed by atoms with Gasteiger partial charge in [0.1, 0.15) is 11.5 Å². The van der Waals surface area contributed by atoms with E-state index in [1.54, 1.807) is 42.5 Å². The first-order chi connectivity index (χ1) is 19.2. The lowest BCUT2D eigenvalue weighted by atomic mass is 9.95. The lowest BCUT2D eigenvalue weighted by Crippen LogP contribution is -2.30. The van der Waals surface area contributed by atoms with Gasteiger partial charge < -0.3 is 24.3 Å². The SMILES string of the molecule is COc1ccc(C2/C(=C(\O)c3cccc(OCC(C)C)c3)C(=O)C(=O)N2c2nc3ccc(C)cc3[nH]2)cc1OC. The number of ether oxygens (including phenoxy) is 3. The van der Waals surface area contributed by atoms with Crippen LogP contribution in [0.3, 0.4) is 0 Å². The average Bonchev–Trinajstić information content (AvgIpc) is 3.48. The zero-order chi connectivity index (χ0) is 28.6. The number of aromatic nitrogens is 2. The van der Waals surface area contributed by atoms with E-state index in [-0.39, 0.29) is 17.3 Å². The Hall–Kier alpha value is -4.79. The van der Waals surface area contributed by atoms with Crippen LogP contribution in [0.15, 0.2) is 66.2 Å². The summed E-state index contributed by atoms with van der Waals surface area (Å²) in [7, 11) is 3.02. The summed E-state index contributed by atoms with van der Waals surface area (Å²) in [5.41, 5.74) is 3.18. The molecule has 0 aliphatic carbocycles. The number of hydrogen-bond acceptors (Lipinski definition) is 7. The number of hydrogen-bond donors (Lipinski definition) is 2. The van der Waals surface area contributed by atoms with Gasteiger partial charge in [-0.05, 0) is 60.4 Å². The number of carbonyl (C=O) groups excluding carboxylic acids is 2. The highest BCUT2D eigenvalue weighted by Gasteiger charge is 2.48. The van der Waals surface area contributed by atoms with Crippen molar-refractivity contribution in [3.63, 3.8) is 0 Å². The van der Waals surface area contributed by atoms with E-state index in [1.165, 1.54) is 19.1 Å². The number of aliphatic hydroxyl groups excluding tert-OH is 1. The quantitative estimate of drug-likeness (QED) is 0.171. The van der Waals surface area contributed by atoms with Gasteiger partial charge in [0, 0.05) is 5.56 Å². The Kier molecular flexibility index (Phi) is 7.21. The second-order valence-electron chi connectivity index (χ2n) is 10.1. The van der Waals surface area contributed by atoms with Crippen molar-refractivity contribution < 1.29 is 28.9 Å². The predicted molar refractivity (Wildman–Crippen MR) is 152 cm³/mol. The fourth-order valence-corrected chi connectivity index (χ4v) is 4.76. The third kappa shape index (κ3) is 4.86. The van der Waals surface area contributed by atoms with Crippen LogP contribution >= 0.6 is 0 Å². The fourth-order valence-electron chi connectivity index (χ4n) is 4.76. The number of Topliss-reactive ketones (excluding diaryl/α,β-unsaturated/α-hetero) is 1. The molecular formula is C31H31N3O6. The van der Waals surface area contributed by atoms with E-state index < -0.39 is 17.7 Å². The van der Waals surface area contributed by atoms with Crippen molar-refractivity contribution in [3.05, 3.63) is 82.9 Å². The van der Waals surface area contributed by atoms with Gasteiger partial charge in [-0.25, -0.2) is 4.98 Å². The molecule has 1 saturated heterocycles. The number of aliphatic hydroxyl groups is 1. The highest BCUT2D eigenvalue weighted by molar-refractivity contribution is 6.51. The molecular weight excluding hydrogens is 510 g/mol. The van der Waals surface area contributed by atoms with Crippen LogP contribution in [-0.4, -0.2) is 47.6 Å². The molecule has 1 atom stereocenters. The molecule has 5 rings (SSSR count). The predicted octanol–water partition coefficient (Wildman–Crippen LogP) is 5.55. The van der Waals surface area contributed by atoms with E-state index in [9.17, 15) is 14.7 Å². The average molecular weight is 542 g/mol. The maximum atomic E-state index is 13.6. The molecule has 4 aromatic rings. The summed E-state index contributed by atoms with van der Waals surface area (Å²) >= 11 is 0. The van der Waals surface area contributed by atoms with Crippen LogP contribution in [0.25, 0.3) is 16.8 Å². The molecule has 1 aromatic heterocycles. The monoisotopic (exact) mass is 541 g/mol. The van der Waals surface area contributed by atoms with Gasteiger partial charge >= 0.3 is 5.91 Å². The van der Waals surface area contributed by atoms with Gasteiger partial charge in [-0.3, -0.25) is 14.5 Å². The molecule has 0 saturated carbocycles. The Morgan fingerprint density at radius 1 is 1.02 bits per heavy atom. The summed E-state index contributed by atoms with van der Waals surface area (Å²) in [6, 6.07) is 16.6. The molecule has 0 radical (unpaired) electrons. The van der Waals surface area contributed by atoms with Gasteiger partial charge in [0.15, 0.2) is 11.5 Å². The van der Waals surface area contributed by atoms with Gasteiger partial charge in [-0.15, -0.1) is 0 Å². The summed E-state index contributed by atoms with van der Waals surface area (Å²) in [5.74, 6) is -0.0280. The lowest BCUT2D eigenvalue weighted by molar-refractivity contribution is -0.132. The summed E-state index contributed by atoms with van der Waals surface area (Å²) in [6.07, 6.45) is 0. The number of amides is 1. The fraction of sp³-hybridized carbons (Fsp3) is 0.258. The van der Waals surface area contributed by atoms with Crippen molar-refractivity contribution in [2.24, 2.45) is 5.92 Å². The second-order valence-corrected chi connectivity index (χ2v) is 10.1. The number of anilines is 1. The number of aryl methyl sites for hydroxylation is 1. The third-order valence-corrected chi connectivity index (χ3v) is 6.71. The third-order valence-electron chi connectivity index (χ3n) is 6.71. The van der Waals surface area contributed by atoms with Gasteiger partial charge in [0.2, 0.25) is 5.95 Å². The first-order valence-electron chi connectivity index (χ1n) is 12.9. The minimum absolute atomic E-state index is 0.0742. The molecule has 1 aliphatic heterocycles. The largest absolute Gasteiger partial charge is 0.507 e. The number of fused-ring (bicyclic) bond motifs is 1.